The van der Waals surface area contributed by atoms with Crippen LogP contribution in [0.4, 0.5) is 17.1 Å². The molecule has 1 aromatic heterocycles. The van der Waals surface area contributed by atoms with Crippen LogP contribution in [0.15, 0.2) is 47.3 Å². The predicted octanol–water partition coefficient (Wildman–Crippen LogP) is 2.57. The van der Waals surface area contributed by atoms with Crippen molar-refractivity contribution in [2.45, 2.75) is 0 Å². The lowest BCUT2D eigenvalue weighted by atomic mass is 10.2. The third-order valence-electron chi connectivity index (χ3n) is 3.12. The van der Waals surface area contributed by atoms with Crippen LogP contribution in [0, 0.1) is 10.1 Å². The van der Waals surface area contributed by atoms with Gasteiger partial charge in [-0.05, 0) is 36.5 Å². The number of H-pyrrole nitrogens is 2. The number of anilines is 2. The molecule has 116 valence electrons. The number of nitrogens with zero attached hydrogens (tertiary/aromatic N) is 1. The van der Waals surface area contributed by atoms with Crippen LogP contribution in [0.25, 0.3) is 11.0 Å². The van der Waals surface area contributed by atoms with E-state index in [9.17, 15) is 14.9 Å². The number of nitro groups is 1. The summed E-state index contributed by atoms with van der Waals surface area (Å²) in [5.74, 6) is 0. The number of aromatic amines is 2. The molecule has 3 aromatic rings. The first-order valence-electron chi connectivity index (χ1n) is 6.56. The Kier molecular flexibility index (Phi) is 3.77. The summed E-state index contributed by atoms with van der Waals surface area (Å²) in [6, 6.07) is 11.4. The minimum absolute atomic E-state index is 0.0675. The fourth-order valence-corrected chi connectivity index (χ4v) is 2.36. The average Bonchev–Trinajstić information content (AvgIpc) is 2.86. The molecule has 2 aromatic carbocycles. The van der Waals surface area contributed by atoms with Gasteiger partial charge in [0.2, 0.25) is 0 Å². The van der Waals surface area contributed by atoms with E-state index in [2.05, 4.69) is 20.6 Å². The number of rotatable bonds is 3. The average molecular weight is 329 g/mol. The summed E-state index contributed by atoms with van der Waals surface area (Å²) in [7, 11) is 0. The molecule has 0 saturated carbocycles. The number of benzene rings is 2. The molecule has 0 aliphatic carbocycles. The number of aromatic nitrogens is 2. The number of nitro benzene ring substituents is 1. The third kappa shape index (κ3) is 3.19. The zero-order valence-corrected chi connectivity index (χ0v) is 12.4. The van der Waals surface area contributed by atoms with E-state index >= 15 is 0 Å². The molecule has 1 heterocycles. The quantitative estimate of drug-likeness (QED) is 0.333. The van der Waals surface area contributed by atoms with Crippen molar-refractivity contribution >= 4 is 45.4 Å². The smallest absolute Gasteiger partial charge is 0.323 e. The van der Waals surface area contributed by atoms with Crippen molar-refractivity contribution in [3.8, 4) is 0 Å². The molecule has 0 spiro atoms. The number of thiocarbonyl (C=S) groups is 1. The van der Waals surface area contributed by atoms with Gasteiger partial charge in [0.25, 0.3) is 5.69 Å². The second-order valence-electron chi connectivity index (χ2n) is 4.69. The van der Waals surface area contributed by atoms with Crippen LogP contribution < -0.4 is 16.3 Å². The third-order valence-corrected chi connectivity index (χ3v) is 3.33. The molecule has 0 saturated heterocycles. The predicted molar refractivity (Wildman–Crippen MR) is 91.9 cm³/mol. The van der Waals surface area contributed by atoms with Gasteiger partial charge >= 0.3 is 5.69 Å². The molecule has 9 heteroatoms. The van der Waals surface area contributed by atoms with Crippen LogP contribution in [-0.4, -0.2) is 20.0 Å². The van der Waals surface area contributed by atoms with Crippen molar-refractivity contribution < 1.29 is 4.92 Å². The number of hydrogen-bond donors (Lipinski definition) is 4. The minimum atomic E-state index is -0.485. The summed E-state index contributed by atoms with van der Waals surface area (Å²) in [6.45, 7) is 0. The first-order valence-corrected chi connectivity index (χ1v) is 6.97. The highest BCUT2D eigenvalue weighted by Crippen LogP contribution is 2.23. The van der Waals surface area contributed by atoms with E-state index in [-0.39, 0.29) is 16.5 Å². The maximum absolute atomic E-state index is 11.2. The van der Waals surface area contributed by atoms with Gasteiger partial charge in [0.05, 0.1) is 16.0 Å². The minimum Gasteiger partial charge on any atom is -0.332 e. The summed E-state index contributed by atoms with van der Waals surface area (Å²) < 4.78 is 0. The van der Waals surface area contributed by atoms with Crippen LogP contribution in [0.3, 0.4) is 0 Å². The lowest BCUT2D eigenvalue weighted by Gasteiger charge is -2.10. The molecular formula is C14H11N5O3S. The van der Waals surface area contributed by atoms with E-state index in [4.69, 9.17) is 12.2 Å². The van der Waals surface area contributed by atoms with Crippen molar-refractivity contribution in [3.05, 3.63) is 63.1 Å². The summed E-state index contributed by atoms with van der Waals surface area (Å²) in [6.07, 6.45) is 0. The molecule has 23 heavy (non-hydrogen) atoms. The SMILES string of the molecule is O=c1[nH]c2ccc(NC(=S)Nc3ccccc3[N+](=O)[O-])cc2[nH]1. The standard InChI is InChI=1S/C14H11N5O3S/c20-13-16-9-6-5-8(7-11(9)17-13)15-14(23)18-10-3-1-2-4-12(10)19(21)22/h1-7H,(H2,15,18,23)(H2,16,17,20). The van der Waals surface area contributed by atoms with Gasteiger partial charge in [-0.15, -0.1) is 0 Å². The molecule has 0 aliphatic rings. The second-order valence-corrected chi connectivity index (χ2v) is 5.10. The summed E-state index contributed by atoms with van der Waals surface area (Å²) in [4.78, 5) is 27.0. The first-order chi connectivity index (χ1) is 11.0. The van der Waals surface area contributed by atoms with E-state index < -0.39 is 4.92 Å². The zero-order valence-electron chi connectivity index (χ0n) is 11.6. The molecule has 0 radical (unpaired) electrons. The fraction of sp³-hybridized carbons (Fsp3) is 0. The maximum atomic E-state index is 11.2. The number of fused-ring (bicyclic) bond motifs is 1. The van der Waals surface area contributed by atoms with Crippen LogP contribution in [0.1, 0.15) is 0 Å². The largest absolute Gasteiger partial charge is 0.332 e. The van der Waals surface area contributed by atoms with Gasteiger partial charge < -0.3 is 20.6 Å². The van der Waals surface area contributed by atoms with Crippen LogP contribution in [0.2, 0.25) is 0 Å². The Morgan fingerprint density at radius 3 is 2.61 bits per heavy atom. The van der Waals surface area contributed by atoms with Crippen LogP contribution in [-0.2, 0) is 0 Å². The molecule has 0 fully saturated rings. The van der Waals surface area contributed by atoms with Crippen molar-refractivity contribution in [3.63, 3.8) is 0 Å². The van der Waals surface area contributed by atoms with E-state index in [1.165, 1.54) is 6.07 Å². The normalized spacial score (nSPS) is 10.4. The lowest BCUT2D eigenvalue weighted by molar-refractivity contribution is -0.383. The van der Waals surface area contributed by atoms with Crippen molar-refractivity contribution in [1.29, 1.82) is 0 Å². The molecular weight excluding hydrogens is 318 g/mol. The Hall–Kier alpha value is -3.20. The van der Waals surface area contributed by atoms with Gasteiger partial charge in [-0.2, -0.15) is 0 Å². The lowest BCUT2D eigenvalue weighted by Crippen LogP contribution is -2.19. The zero-order chi connectivity index (χ0) is 16.4. The number of para-hydroxylation sites is 2. The van der Waals surface area contributed by atoms with Gasteiger partial charge in [-0.1, -0.05) is 12.1 Å². The summed E-state index contributed by atoms with van der Waals surface area (Å²) in [5, 5.41) is 16.9. The van der Waals surface area contributed by atoms with Gasteiger partial charge in [-0.3, -0.25) is 10.1 Å². The van der Waals surface area contributed by atoms with Crippen LogP contribution >= 0.6 is 12.2 Å². The van der Waals surface area contributed by atoms with Crippen molar-refractivity contribution in [1.82, 2.24) is 9.97 Å². The highest BCUT2D eigenvalue weighted by molar-refractivity contribution is 7.80. The maximum Gasteiger partial charge on any atom is 0.323 e. The highest BCUT2D eigenvalue weighted by Gasteiger charge is 2.13. The molecule has 0 aliphatic heterocycles. The first kappa shape index (κ1) is 14.7. The van der Waals surface area contributed by atoms with E-state index in [1.807, 2.05) is 0 Å². The van der Waals surface area contributed by atoms with Crippen molar-refractivity contribution in [2.75, 3.05) is 10.6 Å². The van der Waals surface area contributed by atoms with Gasteiger partial charge in [0.1, 0.15) is 5.69 Å². The summed E-state index contributed by atoms with van der Waals surface area (Å²) >= 11 is 5.17. The molecule has 0 bridgehead atoms. The van der Waals surface area contributed by atoms with E-state index in [0.29, 0.717) is 22.4 Å². The Labute approximate surface area is 134 Å². The number of imidazole rings is 1. The second kappa shape index (κ2) is 5.89. The Bertz CT molecular complexity index is 962. The van der Waals surface area contributed by atoms with Gasteiger partial charge in [0, 0.05) is 11.8 Å². The highest BCUT2D eigenvalue weighted by atomic mass is 32.1. The van der Waals surface area contributed by atoms with E-state index in [1.54, 1.807) is 36.4 Å². The van der Waals surface area contributed by atoms with E-state index in [0.717, 1.165) is 0 Å². The fourth-order valence-electron chi connectivity index (χ4n) is 2.13. The molecule has 4 N–H and O–H groups in total. The monoisotopic (exact) mass is 329 g/mol. The number of nitrogens with one attached hydrogen (secondary N) is 4. The van der Waals surface area contributed by atoms with Gasteiger partial charge in [-0.25, -0.2) is 4.79 Å². The topological polar surface area (TPSA) is 116 Å². The molecule has 0 unspecified atom stereocenters. The van der Waals surface area contributed by atoms with Crippen molar-refractivity contribution in [2.24, 2.45) is 0 Å². The molecule has 3 rings (SSSR count). The molecule has 8 nitrogen and oxygen atoms in total. The Balaban J connectivity index is 1.78. The number of hydrogen-bond acceptors (Lipinski definition) is 4. The molecule has 0 atom stereocenters. The Morgan fingerprint density at radius 1 is 1.09 bits per heavy atom. The Morgan fingerprint density at radius 2 is 1.83 bits per heavy atom. The van der Waals surface area contributed by atoms with Gasteiger partial charge in [0.15, 0.2) is 5.11 Å². The summed E-state index contributed by atoms with van der Waals surface area (Å²) in [5.41, 5.74) is 1.89. The molecule has 0 amide bonds. The van der Waals surface area contributed by atoms with Crippen LogP contribution in [0.5, 0.6) is 0 Å².